The van der Waals surface area contributed by atoms with Crippen molar-refractivity contribution >= 4 is 17.2 Å². The summed E-state index contributed by atoms with van der Waals surface area (Å²) in [5.41, 5.74) is 4.14. The van der Waals surface area contributed by atoms with E-state index in [4.69, 9.17) is 0 Å². The van der Waals surface area contributed by atoms with Gasteiger partial charge in [0.25, 0.3) is 5.91 Å². The van der Waals surface area contributed by atoms with Gasteiger partial charge >= 0.3 is 0 Å². The molecule has 0 aliphatic rings. The predicted molar refractivity (Wildman–Crippen MR) is 58.6 cm³/mol. The molecule has 0 bridgehead atoms. The smallest absolute Gasteiger partial charge is 0.271 e. The van der Waals surface area contributed by atoms with E-state index in [0.29, 0.717) is 12.2 Å². The topological polar surface area (TPSA) is 42.0 Å². The van der Waals surface area contributed by atoms with E-state index in [1.807, 2.05) is 30.3 Å². The molecule has 75 valence electrons. The van der Waals surface area contributed by atoms with Gasteiger partial charge in [0.05, 0.1) is 0 Å². The fraction of sp³-hybridized carbons (Fsp3) is 0.0909. The Bertz CT molecular complexity index is 425. The first-order chi connectivity index (χ1) is 7.36. The SMILES string of the molecule is O=C(NCc1ccccc1)c1cs[c]n1. The van der Waals surface area contributed by atoms with E-state index < -0.39 is 0 Å². The molecule has 0 saturated carbocycles. The lowest BCUT2D eigenvalue weighted by atomic mass is 10.2. The molecule has 0 atom stereocenters. The average Bonchev–Trinajstić information content (AvgIpc) is 2.81. The second-order valence-electron chi connectivity index (χ2n) is 2.99. The lowest BCUT2D eigenvalue weighted by molar-refractivity contribution is 0.0946. The summed E-state index contributed by atoms with van der Waals surface area (Å²) in [4.78, 5) is 15.3. The molecule has 0 aliphatic heterocycles. The molecule has 0 spiro atoms. The molecule has 0 unspecified atom stereocenters. The molecule has 3 nitrogen and oxygen atoms in total. The standard InChI is InChI=1S/C11H9N2OS/c14-11(10-7-15-8-13-10)12-6-9-4-2-1-3-5-9/h1-5,7H,6H2,(H,12,14). The van der Waals surface area contributed by atoms with Crippen LogP contribution in [0, 0.1) is 5.51 Å². The zero-order chi connectivity index (χ0) is 10.5. The Morgan fingerprint density at radius 3 is 2.87 bits per heavy atom. The van der Waals surface area contributed by atoms with Crippen LogP contribution in [0.25, 0.3) is 0 Å². The Hall–Kier alpha value is -1.68. The highest BCUT2D eigenvalue weighted by Gasteiger charge is 2.06. The second kappa shape index (κ2) is 4.70. The third-order valence-corrected chi connectivity index (χ3v) is 2.46. The number of amides is 1. The molecule has 1 heterocycles. The van der Waals surface area contributed by atoms with Gasteiger partial charge in [0.1, 0.15) is 5.69 Å². The number of benzene rings is 1. The number of hydrogen-bond acceptors (Lipinski definition) is 3. The lowest BCUT2D eigenvalue weighted by Gasteiger charge is -2.02. The number of hydrogen-bond donors (Lipinski definition) is 1. The minimum Gasteiger partial charge on any atom is -0.347 e. The molecular formula is C11H9N2OS. The van der Waals surface area contributed by atoms with Gasteiger partial charge in [-0.05, 0) is 5.56 Å². The Kier molecular flexibility index (Phi) is 3.09. The van der Waals surface area contributed by atoms with Crippen molar-refractivity contribution in [2.24, 2.45) is 0 Å². The largest absolute Gasteiger partial charge is 0.347 e. The van der Waals surface area contributed by atoms with Crippen LogP contribution in [0.5, 0.6) is 0 Å². The summed E-state index contributed by atoms with van der Waals surface area (Å²) < 4.78 is 0. The maximum Gasteiger partial charge on any atom is 0.271 e. The Labute approximate surface area is 91.8 Å². The monoisotopic (exact) mass is 217 g/mol. The molecule has 0 fully saturated rings. The van der Waals surface area contributed by atoms with E-state index in [0.717, 1.165) is 5.56 Å². The van der Waals surface area contributed by atoms with Crippen LogP contribution in [0.1, 0.15) is 16.1 Å². The number of carbonyl (C=O) groups excluding carboxylic acids is 1. The molecule has 0 saturated heterocycles. The van der Waals surface area contributed by atoms with E-state index in [-0.39, 0.29) is 5.91 Å². The van der Waals surface area contributed by atoms with Crippen LogP contribution in [0.15, 0.2) is 35.7 Å². The van der Waals surface area contributed by atoms with E-state index in [1.54, 1.807) is 5.38 Å². The van der Waals surface area contributed by atoms with Crippen molar-refractivity contribution < 1.29 is 4.79 Å². The summed E-state index contributed by atoms with van der Waals surface area (Å²) in [6.07, 6.45) is 0. The first-order valence-corrected chi connectivity index (χ1v) is 5.38. The van der Waals surface area contributed by atoms with E-state index in [1.165, 1.54) is 11.3 Å². The Balaban J connectivity index is 1.92. The number of carbonyl (C=O) groups is 1. The number of rotatable bonds is 3. The third kappa shape index (κ3) is 2.63. The molecule has 1 aromatic carbocycles. The molecule has 15 heavy (non-hydrogen) atoms. The van der Waals surface area contributed by atoms with Gasteiger partial charge in [0.15, 0.2) is 5.51 Å². The molecule has 1 radical (unpaired) electrons. The average molecular weight is 217 g/mol. The molecule has 1 amide bonds. The molecular weight excluding hydrogens is 208 g/mol. The van der Waals surface area contributed by atoms with Gasteiger partial charge in [-0.15, -0.1) is 11.3 Å². The highest BCUT2D eigenvalue weighted by atomic mass is 32.1. The summed E-state index contributed by atoms with van der Waals surface area (Å²) >= 11 is 1.29. The molecule has 4 heteroatoms. The summed E-state index contributed by atoms with van der Waals surface area (Å²) in [5, 5.41) is 4.47. The van der Waals surface area contributed by atoms with Crippen molar-refractivity contribution in [2.75, 3.05) is 0 Å². The van der Waals surface area contributed by atoms with Crippen LogP contribution in [-0.4, -0.2) is 10.9 Å². The van der Waals surface area contributed by atoms with Crippen molar-refractivity contribution in [1.29, 1.82) is 0 Å². The zero-order valence-electron chi connectivity index (χ0n) is 7.93. The van der Waals surface area contributed by atoms with Crippen molar-refractivity contribution in [1.82, 2.24) is 10.3 Å². The van der Waals surface area contributed by atoms with Crippen LogP contribution in [-0.2, 0) is 6.54 Å². The van der Waals surface area contributed by atoms with Crippen molar-refractivity contribution in [3.8, 4) is 0 Å². The van der Waals surface area contributed by atoms with Crippen LogP contribution in [0.4, 0.5) is 0 Å². The zero-order valence-corrected chi connectivity index (χ0v) is 8.75. The molecule has 2 aromatic rings. The summed E-state index contributed by atoms with van der Waals surface area (Å²) in [6, 6.07) is 9.76. The minimum absolute atomic E-state index is 0.156. The first-order valence-electron chi connectivity index (χ1n) is 4.50. The molecule has 1 aromatic heterocycles. The minimum atomic E-state index is -0.156. The van der Waals surface area contributed by atoms with E-state index >= 15 is 0 Å². The summed E-state index contributed by atoms with van der Waals surface area (Å²) in [7, 11) is 0. The maximum atomic E-state index is 11.5. The maximum absolute atomic E-state index is 11.5. The van der Waals surface area contributed by atoms with Gasteiger partial charge in [0.2, 0.25) is 0 Å². The van der Waals surface area contributed by atoms with Crippen LogP contribution in [0.2, 0.25) is 0 Å². The molecule has 0 aliphatic carbocycles. The van der Waals surface area contributed by atoms with Crippen molar-refractivity contribution in [3.05, 3.63) is 52.5 Å². The van der Waals surface area contributed by atoms with Crippen molar-refractivity contribution in [3.63, 3.8) is 0 Å². The van der Waals surface area contributed by atoms with Gasteiger partial charge in [-0.1, -0.05) is 30.3 Å². The Morgan fingerprint density at radius 2 is 2.20 bits per heavy atom. The number of aromatic nitrogens is 1. The lowest BCUT2D eigenvalue weighted by Crippen LogP contribution is -2.22. The second-order valence-corrected chi connectivity index (χ2v) is 3.65. The third-order valence-electron chi connectivity index (χ3n) is 1.92. The van der Waals surface area contributed by atoms with Gasteiger partial charge in [-0.25, -0.2) is 4.98 Å². The first kappa shape index (κ1) is 9.86. The fourth-order valence-electron chi connectivity index (χ4n) is 1.16. The summed E-state index contributed by atoms with van der Waals surface area (Å²) in [5.74, 6) is -0.156. The van der Waals surface area contributed by atoms with Gasteiger partial charge in [-0.2, -0.15) is 0 Å². The highest BCUT2D eigenvalue weighted by molar-refractivity contribution is 7.07. The van der Waals surface area contributed by atoms with E-state index in [9.17, 15) is 4.79 Å². The number of nitrogens with one attached hydrogen (secondary N) is 1. The fourth-order valence-corrected chi connectivity index (χ4v) is 1.63. The Morgan fingerprint density at radius 1 is 1.40 bits per heavy atom. The van der Waals surface area contributed by atoms with Crippen LogP contribution < -0.4 is 5.32 Å². The van der Waals surface area contributed by atoms with Gasteiger partial charge in [0, 0.05) is 11.9 Å². The summed E-state index contributed by atoms with van der Waals surface area (Å²) in [6.45, 7) is 0.525. The molecule has 1 N–H and O–H groups in total. The van der Waals surface area contributed by atoms with Crippen LogP contribution in [0.3, 0.4) is 0 Å². The quantitative estimate of drug-likeness (QED) is 0.852. The van der Waals surface area contributed by atoms with Gasteiger partial charge < -0.3 is 5.32 Å². The van der Waals surface area contributed by atoms with E-state index in [2.05, 4.69) is 15.8 Å². The highest BCUT2D eigenvalue weighted by Crippen LogP contribution is 2.01. The normalized spacial score (nSPS) is 9.87. The molecule has 2 rings (SSSR count). The van der Waals surface area contributed by atoms with Crippen LogP contribution >= 0.6 is 11.3 Å². The van der Waals surface area contributed by atoms with Gasteiger partial charge in [-0.3, -0.25) is 4.79 Å². The number of thiazole rings is 1. The number of nitrogens with zero attached hydrogens (tertiary/aromatic N) is 1. The predicted octanol–water partition coefficient (Wildman–Crippen LogP) is 1.87. The van der Waals surface area contributed by atoms with Crippen molar-refractivity contribution in [2.45, 2.75) is 6.54 Å².